The fourth-order valence-electron chi connectivity index (χ4n) is 8.34. The predicted molar refractivity (Wildman–Crippen MR) is 95.7 cm³/mol. The zero-order valence-corrected chi connectivity index (χ0v) is 16.2. The van der Waals surface area contributed by atoms with Crippen LogP contribution in [0.25, 0.3) is 0 Å². The molecule has 1 N–H and O–H groups in total. The van der Waals surface area contributed by atoms with Crippen LogP contribution in [-0.2, 0) is 19.1 Å². The number of hydrogen-bond acceptors (Lipinski definition) is 5. The van der Waals surface area contributed by atoms with Gasteiger partial charge in [-0.25, -0.2) is 0 Å². The van der Waals surface area contributed by atoms with Crippen molar-refractivity contribution in [3.8, 4) is 0 Å². The quantitative estimate of drug-likeness (QED) is 0.717. The molecule has 4 bridgehead atoms. The number of Topliss-reactive ketones (excluding diaryl/α,β-unsaturated/α-hetero) is 2. The molecule has 5 heteroatoms. The number of allylic oxidation sites excluding steroid dienone is 1. The summed E-state index contributed by atoms with van der Waals surface area (Å²) < 4.78 is 12.5. The molecule has 2 saturated heterocycles. The molecule has 146 valence electrons. The Kier molecular flexibility index (Phi) is 2.86. The molecule has 0 radical (unpaired) electrons. The fourth-order valence-corrected chi connectivity index (χ4v) is 8.34. The van der Waals surface area contributed by atoms with Gasteiger partial charge >= 0.3 is 0 Å². The molecule has 7 atom stereocenters. The summed E-state index contributed by atoms with van der Waals surface area (Å²) in [5, 5.41) is 12.1. The Hall–Kier alpha value is -1.04. The molecule has 7 rings (SSSR count). The first kappa shape index (κ1) is 16.9. The first-order chi connectivity index (χ1) is 12.8. The van der Waals surface area contributed by atoms with Gasteiger partial charge in [0.05, 0.1) is 5.41 Å². The van der Waals surface area contributed by atoms with Crippen LogP contribution in [0.3, 0.4) is 0 Å². The zero-order chi connectivity index (χ0) is 18.9. The second-order valence-corrected chi connectivity index (χ2v) is 10.2. The van der Waals surface area contributed by atoms with Gasteiger partial charge in [-0.3, -0.25) is 9.59 Å². The number of methoxy groups -OCH3 is 1. The van der Waals surface area contributed by atoms with E-state index in [2.05, 4.69) is 13.0 Å². The van der Waals surface area contributed by atoms with Crippen molar-refractivity contribution in [1.29, 1.82) is 0 Å². The topological polar surface area (TPSA) is 72.8 Å². The van der Waals surface area contributed by atoms with Gasteiger partial charge in [0.2, 0.25) is 0 Å². The van der Waals surface area contributed by atoms with E-state index >= 15 is 0 Å². The molecular weight excluding hydrogens is 344 g/mol. The lowest BCUT2D eigenvalue weighted by Crippen LogP contribution is -2.78. The molecule has 0 aromatic rings. The highest BCUT2D eigenvalue weighted by molar-refractivity contribution is 6.03. The van der Waals surface area contributed by atoms with Crippen LogP contribution in [0.15, 0.2) is 11.6 Å². The summed E-state index contributed by atoms with van der Waals surface area (Å²) in [6.07, 6.45) is 8.14. The summed E-state index contributed by atoms with van der Waals surface area (Å²) in [5.74, 6) is -0.211. The van der Waals surface area contributed by atoms with Crippen LogP contribution >= 0.6 is 0 Å². The molecule has 7 aliphatic rings. The summed E-state index contributed by atoms with van der Waals surface area (Å²) >= 11 is 0. The molecule has 0 unspecified atom stereocenters. The third-order valence-electron chi connectivity index (χ3n) is 9.77. The number of carbonyl (C=O) groups excluding carboxylic acids is 2. The zero-order valence-electron chi connectivity index (χ0n) is 16.2. The van der Waals surface area contributed by atoms with Crippen LogP contribution in [0.2, 0.25) is 0 Å². The number of rotatable bonds is 1. The number of ether oxygens (including phenoxy) is 2. The fraction of sp³-hybridized carbons (Fsp3) is 0.818. The van der Waals surface area contributed by atoms with Crippen molar-refractivity contribution in [2.75, 3.05) is 7.11 Å². The first-order valence-electron chi connectivity index (χ1n) is 10.5. The van der Waals surface area contributed by atoms with Crippen molar-refractivity contribution in [3.05, 3.63) is 11.6 Å². The van der Waals surface area contributed by atoms with Crippen LogP contribution in [0.1, 0.15) is 64.7 Å². The lowest BCUT2D eigenvalue weighted by molar-refractivity contribution is -0.374. The number of aliphatic hydroxyl groups is 1. The molecular formula is C22H28O5. The third kappa shape index (κ3) is 1.46. The van der Waals surface area contributed by atoms with Crippen LogP contribution in [0.4, 0.5) is 0 Å². The smallest absolute Gasteiger partial charge is 0.170 e. The minimum atomic E-state index is -1.24. The van der Waals surface area contributed by atoms with Gasteiger partial charge in [0, 0.05) is 38.2 Å². The number of fused-ring (bicyclic) bond motifs is 2. The summed E-state index contributed by atoms with van der Waals surface area (Å²) in [6.45, 7) is 2.17. The van der Waals surface area contributed by atoms with Crippen molar-refractivity contribution in [1.82, 2.24) is 0 Å². The minimum absolute atomic E-state index is 0.00796. The maximum atomic E-state index is 13.9. The molecule has 0 aromatic heterocycles. The van der Waals surface area contributed by atoms with E-state index in [1.807, 2.05) is 0 Å². The average molecular weight is 372 g/mol. The molecule has 4 saturated carbocycles. The Morgan fingerprint density at radius 1 is 1.15 bits per heavy atom. The van der Waals surface area contributed by atoms with E-state index in [0.717, 1.165) is 38.5 Å². The van der Waals surface area contributed by atoms with Gasteiger partial charge in [-0.15, -0.1) is 0 Å². The second kappa shape index (κ2) is 4.58. The van der Waals surface area contributed by atoms with E-state index in [4.69, 9.17) is 9.47 Å². The van der Waals surface area contributed by atoms with Gasteiger partial charge in [-0.05, 0) is 49.5 Å². The highest BCUT2D eigenvalue weighted by Gasteiger charge is 2.81. The monoisotopic (exact) mass is 372 g/mol. The Bertz CT molecular complexity index is 818. The van der Waals surface area contributed by atoms with Crippen molar-refractivity contribution in [2.24, 2.45) is 22.7 Å². The third-order valence-corrected chi connectivity index (χ3v) is 9.77. The van der Waals surface area contributed by atoms with E-state index in [-0.39, 0.29) is 29.3 Å². The number of carbonyl (C=O) groups is 2. The average Bonchev–Trinajstić information content (AvgIpc) is 3.11. The van der Waals surface area contributed by atoms with Gasteiger partial charge in [0.25, 0.3) is 0 Å². The Morgan fingerprint density at radius 2 is 1.96 bits per heavy atom. The molecule has 2 aliphatic heterocycles. The standard InChI is InChI=1S/C22H28O5/c1-18-9-10-19(26-2)11-14(18)3-5-15-21(25)8-7-13-4-6-16(23)20(13,21)12-17(24)22(15,18)27-19/h5,13-14,25H,3-4,6-12H2,1-2H3/t13-,14+,18-,19+,20+,21-,22-/m0/s1. The van der Waals surface area contributed by atoms with Crippen LogP contribution in [0, 0.1) is 22.7 Å². The van der Waals surface area contributed by atoms with E-state index in [1.165, 1.54) is 0 Å². The largest absolute Gasteiger partial charge is 0.384 e. The minimum Gasteiger partial charge on any atom is -0.384 e. The van der Waals surface area contributed by atoms with Crippen molar-refractivity contribution >= 4 is 11.6 Å². The van der Waals surface area contributed by atoms with Gasteiger partial charge < -0.3 is 14.6 Å². The van der Waals surface area contributed by atoms with E-state index in [1.54, 1.807) is 7.11 Å². The summed E-state index contributed by atoms with van der Waals surface area (Å²) in [5.41, 5.74) is -2.89. The lowest BCUT2D eigenvalue weighted by Gasteiger charge is -2.70. The lowest BCUT2D eigenvalue weighted by atomic mass is 9.42. The molecule has 27 heavy (non-hydrogen) atoms. The van der Waals surface area contributed by atoms with Gasteiger partial charge in [-0.1, -0.05) is 13.0 Å². The van der Waals surface area contributed by atoms with Gasteiger partial charge in [0.15, 0.2) is 17.2 Å². The molecule has 0 aromatic carbocycles. The number of ketones is 2. The second-order valence-electron chi connectivity index (χ2n) is 10.2. The highest BCUT2D eigenvalue weighted by atomic mass is 16.7. The Morgan fingerprint density at radius 3 is 2.74 bits per heavy atom. The maximum absolute atomic E-state index is 13.9. The molecule has 2 spiro atoms. The van der Waals surface area contributed by atoms with E-state index in [9.17, 15) is 14.7 Å². The molecule has 5 aliphatic carbocycles. The SMILES string of the molecule is CO[C@]12CC[C@@]3(C)[C@H](CC=C4[C@]3(O1)C(=O)C[C@]13C(=O)CC[C@H]1CC[C@]43O)C2. The Labute approximate surface area is 159 Å². The van der Waals surface area contributed by atoms with Gasteiger partial charge in [-0.2, -0.15) is 0 Å². The van der Waals surface area contributed by atoms with Crippen LogP contribution in [-0.4, -0.2) is 40.8 Å². The summed E-state index contributed by atoms with van der Waals surface area (Å²) in [4.78, 5) is 27.0. The predicted octanol–water partition coefficient (Wildman–Crippen LogP) is 2.70. The van der Waals surface area contributed by atoms with E-state index < -0.39 is 22.4 Å². The summed E-state index contributed by atoms with van der Waals surface area (Å²) in [6, 6.07) is 0. The first-order valence-corrected chi connectivity index (χ1v) is 10.5. The number of hydrogen-bond donors (Lipinski definition) is 1. The Balaban J connectivity index is 1.61. The maximum Gasteiger partial charge on any atom is 0.170 e. The molecule has 5 nitrogen and oxygen atoms in total. The molecule has 2 heterocycles. The van der Waals surface area contributed by atoms with Crippen LogP contribution < -0.4 is 0 Å². The molecule has 0 amide bonds. The van der Waals surface area contributed by atoms with Crippen molar-refractivity contribution < 1.29 is 24.2 Å². The van der Waals surface area contributed by atoms with Crippen molar-refractivity contribution in [2.45, 2.75) is 81.7 Å². The molecule has 6 fully saturated rings. The van der Waals surface area contributed by atoms with E-state index in [0.29, 0.717) is 24.3 Å². The van der Waals surface area contributed by atoms with Gasteiger partial charge in [0.1, 0.15) is 11.4 Å². The normalized spacial score (nSPS) is 58.0. The van der Waals surface area contributed by atoms with Crippen LogP contribution in [0.5, 0.6) is 0 Å². The highest BCUT2D eigenvalue weighted by Crippen LogP contribution is 2.74. The summed E-state index contributed by atoms with van der Waals surface area (Å²) in [7, 11) is 1.67. The van der Waals surface area contributed by atoms with Crippen molar-refractivity contribution in [3.63, 3.8) is 0 Å².